The molecular formula is C15H12Cl2N2O3S. The van der Waals surface area contributed by atoms with E-state index in [4.69, 9.17) is 23.2 Å². The Labute approximate surface area is 144 Å². The maximum absolute atomic E-state index is 11.8. The van der Waals surface area contributed by atoms with Crippen molar-refractivity contribution in [1.29, 1.82) is 0 Å². The largest absolute Gasteiger partial charge is 0.274 e. The summed E-state index contributed by atoms with van der Waals surface area (Å²) in [5.74, 6) is -0.652. The molecule has 8 heteroatoms. The number of hydrogen-bond donors (Lipinski definition) is 1. The lowest BCUT2D eigenvalue weighted by atomic mass is 10.2. The lowest BCUT2D eigenvalue weighted by Gasteiger charge is -2.04. The average molecular weight is 371 g/mol. The van der Waals surface area contributed by atoms with Crippen LogP contribution in [0.3, 0.4) is 0 Å². The molecule has 0 bridgehead atoms. The number of carbonyl (C=O) groups is 1. The summed E-state index contributed by atoms with van der Waals surface area (Å²) in [6, 6.07) is 10.8. The zero-order valence-corrected chi connectivity index (χ0v) is 14.3. The monoisotopic (exact) mass is 370 g/mol. The van der Waals surface area contributed by atoms with Crippen molar-refractivity contribution < 1.29 is 13.2 Å². The van der Waals surface area contributed by atoms with E-state index in [1.54, 1.807) is 18.2 Å². The topological polar surface area (TPSA) is 75.6 Å². The summed E-state index contributed by atoms with van der Waals surface area (Å²) in [5.41, 5.74) is 1.09. The van der Waals surface area contributed by atoms with E-state index >= 15 is 0 Å². The molecule has 5 nitrogen and oxygen atoms in total. The number of hydrogen-bond acceptors (Lipinski definition) is 4. The van der Waals surface area contributed by atoms with Crippen LogP contribution in [0.2, 0.25) is 10.0 Å². The van der Waals surface area contributed by atoms with Gasteiger partial charge in [0.1, 0.15) is 0 Å². The van der Waals surface area contributed by atoms with Crippen LogP contribution in [0, 0.1) is 0 Å². The molecule has 0 aromatic heterocycles. The first-order chi connectivity index (χ1) is 10.8. The molecule has 0 radical (unpaired) electrons. The summed E-state index contributed by atoms with van der Waals surface area (Å²) < 4.78 is 25.5. The molecule has 0 spiro atoms. The molecule has 0 atom stereocenters. The van der Waals surface area contributed by atoms with Gasteiger partial charge in [0, 0.05) is 18.7 Å². The fourth-order valence-electron chi connectivity index (χ4n) is 1.73. The molecule has 1 N–H and O–H groups in total. The van der Waals surface area contributed by atoms with E-state index in [0.717, 1.165) is 6.92 Å². The van der Waals surface area contributed by atoms with E-state index in [-0.39, 0.29) is 4.90 Å². The molecule has 0 fully saturated rings. The third-order valence-corrected chi connectivity index (χ3v) is 4.88. The summed E-state index contributed by atoms with van der Waals surface area (Å²) in [5, 5.41) is 0.928. The molecular weight excluding hydrogens is 359 g/mol. The van der Waals surface area contributed by atoms with Gasteiger partial charge >= 0.3 is 0 Å². The number of nitrogens with one attached hydrogen (secondary N) is 1. The number of nitrogens with zero attached hydrogens (tertiary/aromatic N) is 1. The molecule has 2 aromatic carbocycles. The Kier molecular flexibility index (Phi) is 5.41. The van der Waals surface area contributed by atoms with Crippen molar-refractivity contribution in [1.82, 2.24) is 4.72 Å². The molecule has 0 aliphatic rings. The minimum absolute atomic E-state index is 0.0255. The Bertz CT molecular complexity index is 843. The summed E-state index contributed by atoms with van der Waals surface area (Å²) in [7, 11) is -3.85. The molecule has 0 heterocycles. The number of amides is 1. The van der Waals surface area contributed by atoms with Gasteiger partial charge in [-0.3, -0.25) is 9.79 Å². The van der Waals surface area contributed by atoms with Gasteiger partial charge in [-0.15, -0.1) is 0 Å². The van der Waals surface area contributed by atoms with Crippen molar-refractivity contribution in [3.05, 3.63) is 58.1 Å². The second-order valence-corrected chi connectivity index (χ2v) is 7.05. The first-order valence-corrected chi connectivity index (χ1v) is 8.65. The zero-order chi connectivity index (χ0) is 17.0. The molecule has 1 amide bonds. The van der Waals surface area contributed by atoms with Crippen LogP contribution in [0.5, 0.6) is 0 Å². The number of rotatable bonds is 4. The highest BCUT2D eigenvalue weighted by molar-refractivity contribution is 7.90. The van der Waals surface area contributed by atoms with Crippen molar-refractivity contribution >= 4 is 51.0 Å². The van der Waals surface area contributed by atoms with Gasteiger partial charge in [-0.05, 0) is 36.4 Å². The molecule has 0 saturated heterocycles. The standard InChI is InChI=1S/C15H12Cl2N2O3S/c1-10(20)19-23(21,22)12-7-5-11(6-8-12)18-9-13-14(16)3-2-4-15(13)17/h2-9H,1H3,(H,19,20). The minimum Gasteiger partial charge on any atom is -0.274 e. The van der Waals surface area contributed by atoms with Gasteiger partial charge in [0.2, 0.25) is 5.91 Å². The minimum atomic E-state index is -3.85. The van der Waals surface area contributed by atoms with E-state index in [0.29, 0.717) is 21.3 Å². The lowest BCUT2D eigenvalue weighted by Crippen LogP contribution is -2.28. The third-order valence-electron chi connectivity index (χ3n) is 2.77. The predicted molar refractivity (Wildman–Crippen MR) is 91.2 cm³/mol. The highest BCUT2D eigenvalue weighted by atomic mass is 35.5. The summed E-state index contributed by atoms with van der Waals surface area (Å²) in [4.78, 5) is 15.1. The zero-order valence-electron chi connectivity index (χ0n) is 12.0. The molecule has 2 rings (SSSR count). The van der Waals surface area contributed by atoms with Crippen molar-refractivity contribution in [2.45, 2.75) is 11.8 Å². The Morgan fingerprint density at radius 3 is 2.17 bits per heavy atom. The van der Waals surface area contributed by atoms with Crippen molar-refractivity contribution in [2.75, 3.05) is 0 Å². The van der Waals surface area contributed by atoms with Gasteiger partial charge in [-0.1, -0.05) is 29.3 Å². The third kappa shape index (κ3) is 4.54. The second-order valence-electron chi connectivity index (χ2n) is 4.55. The maximum atomic E-state index is 11.8. The van der Waals surface area contributed by atoms with Gasteiger partial charge in [0.05, 0.1) is 20.6 Å². The van der Waals surface area contributed by atoms with E-state index in [9.17, 15) is 13.2 Å². The Balaban J connectivity index is 2.24. The second kappa shape index (κ2) is 7.12. The highest BCUT2D eigenvalue weighted by Crippen LogP contribution is 2.23. The number of carbonyl (C=O) groups excluding carboxylic acids is 1. The Morgan fingerprint density at radius 1 is 1.09 bits per heavy atom. The van der Waals surface area contributed by atoms with Gasteiger partial charge in [0.15, 0.2) is 0 Å². The van der Waals surface area contributed by atoms with Crippen LogP contribution in [0.4, 0.5) is 5.69 Å². The first-order valence-electron chi connectivity index (χ1n) is 6.41. The SMILES string of the molecule is CC(=O)NS(=O)(=O)c1ccc(N=Cc2c(Cl)cccc2Cl)cc1. The normalized spacial score (nSPS) is 11.6. The van der Waals surface area contributed by atoms with Gasteiger partial charge < -0.3 is 0 Å². The van der Waals surface area contributed by atoms with Crippen LogP contribution in [0.15, 0.2) is 52.4 Å². The van der Waals surface area contributed by atoms with Crippen molar-refractivity contribution in [2.24, 2.45) is 4.99 Å². The van der Waals surface area contributed by atoms with Crippen molar-refractivity contribution in [3.63, 3.8) is 0 Å². The molecule has 0 unspecified atom stereocenters. The summed E-state index contributed by atoms with van der Waals surface area (Å²) in [6.07, 6.45) is 1.50. The maximum Gasteiger partial charge on any atom is 0.264 e. The Hall–Kier alpha value is -1.89. The van der Waals surface area contributed by atoms with Gasteiger partial charge in [-0.2, -0.15) is 0 Å². The predicted octanol–water partition coefficient (Wildman–Crippen LogP) is 3.57. The molecule has 120 valence electrons. The van der Waals surface area contributed by atoms with Crippen LogP contribution in [0.25, 0.3) is 0 Å². The highest BCUT2D eigenvalue weighted by Gasteiger charge is 2.14. The number of sulfonamides is 1. The molecule has 23 heavy (non-hydrogen) atoms. The van der Waals surface area contributed by atoms with Crippen molar-refractivity contribution in [3.8, 4) is 0 Å². The van der Waals surface area contributed by atoms with Gasteiger partial charge in [0.25, 0.3) is 10.0 Å². The fraction of sp³-hybridized carbons (Fsp3) is 0.0667. The van der Waals surface area contributed by atoms with Crippen LogP contribution in [0.1, 0.15) is 12.5 Å². The molecule has 0 saturated carbocycles. The summed E-state index contributed by atoms with van der Waals surface area (Å²) >= 11 is 12.1. The number of benzene rings is 2. The quantitative estimate of drug-likeness (QED) is 0.835. The van der Waals surface area contributed by atoms with Crippen LogP contribution in [-0.2, 0) is 14.8 Å². The molecule has 2 aromatic rings. The molecule has 0 aliphatic heterocycles. The lowest BCUT2D eigenvalue weighted by molar-refractivity contribution is -0.117. The number of aliphatic imine (C=N–C) groups is 1. The van der Waals surface area contributed by atoms with Crippen LogP contribution < -0.4 is 4.72 Å². The average Bonchev–Trinajstić information content (AvgIpc) is 2.46. The van der Waals surface area contributed by atoms with Crippen LogP contribution in [-0.4, -0.2) is 20.5 Å². The first kappa shape index (κ1) is 17.5. The number of halogens is 2. The van der Waals surface area contributed by atoms with Crippen LogP contribution >= 0.6 is 23.2 Å². The van der Waals surface area contributed by atoms with E-state index in [1.165, 1.54) is 30.5 Å². The van der Waals surface area contributed by atoms with E-state index < -0.39 is 15.9 Å². The summed E-state index contributed by atoms with van der Waals surface area (Å²) in [6.45, 7) is 1.13. The smallest absolute Gasteiger partial charge is 0.264 e. The molecule has 0 aliphatic carbocycles. The fourth-order valence-corrected chi connectivity index (χ4v) is 3.22. The van der Waals surface area contributed by atoms with Gasteiger partial charge in [-0.25, -0.2) is 13.1 Å². The van der Waals surface area contributed by atoms with E-state index in [2.05, 4.69) is 4.99 Å². The van der Waals surface area contributed by atoms with E-state index in [1.807, 2.05) is 4.72 Å². The Morgan fingerprint density at radius 2 is 1.65 bits per heavy atom.